The van der Waals surface area contributed by atoms with Gasteiger partial charge in [-0.05, 0) is 37.5 Å². The van der Waals surface area contributed by atoms with Gasteiger partial charge < -0.3 is 9.64 Å². The number of piperidine rings is 1. The molecule has 0 aliphatic carbocycles. The molecule has 1 aliphatic heterocycles. The minimum absolute atomic E-state index is 0.0316. The first kappa shape index (κ1) is 21.6. The molecule has 0 spiro atoms. The van der Waals surface area contributed by atoms with Crippen LogP contribution in [0.5, 0.6) is 11.6 Å². The average molecular weight is 453 g/mol. The fraction of sp³-hybridized carbons (Fsp3) is 0.231. The number of para-hydroxylation sites is 1. The van der Waals surface area contributed by atoms with Crippen LogP contribution in [0.4, 0.5) is 0 Å². The number of ether oxygens (including phenoxy) is 1. The van der Waals surface area contributed by atoms with Gasteiger partial charge in [-0.25, -0.2) is 15.0 Å². The summed E-state index contributed by atoms with van der Waals surface area (Å²) >= 11 is 0. The van der Waals surface area contributed by atoms with E-state index in [1.807, 2.05) is 42.2 Å². The van der Waals surface area contributed by atoms with Crippen molar-refractivity contribution >= 4 is 5.91 Å². The van der Waals surface area contributed by atoms with Gasteiger partial charge in [0.25, 0.3) is 5.91 Å². The first-order valence-electron chi connectivity index (χ1n) is 11.2. The van der Waals surface area contributed by atoms with Gasteiger partial charge in [0.1, 0.15) is 17.8 Å². The molecule has 1 fully saturated rings. The Morgan fingerprint density at radius 3 is 2.65 bits per heavy atom. The van der Waals surface area contributed by atoms with Gasteiger partial charge >= 0.3 is 0 Å². The van der Waals surface area contributed by atoms with Crippen LogP contribution in [0.15, 0.2) is 73.8 Å². The van der Waals surface area contributed by atoms with Gasteiger partial charge in [0, 0.05) is 67.3 Å². The molecule has 4 aromatic rings. The Morgan fingerprint density at radius 1 is 1.00 bits per heavy atom. The second kappa shape index (κ2) is 9.74. The molecule has 0 N–H and O–H groups in total. The minimum Gasteiger partial charge on any atom is -0.437 e. The monoisotopic (exact) mass is 452 g/mol. The van der Waals surface area contributed by atoms with Gasteiger partial charge in [0.2, 0.25) is 5.88 Å². The van der Waals surface area contributed by atoms with Gasteiger partial charge in [0.05, 0.1) is 5.56 Å². The quantitative estimate of drug-likeness (QED) is 0.442. The number of hydrogen-bond acceptors (Lipinski definition) is 7. The van der Waals surface area contributed by atoms with Crippen LogP contribution in [0.25, 0.3) is 11.1 Å². The lowest BCUT2D eigenvalue weighted by Gasteiger charge is -2.32. The number of carbonyl (C=O) groups is 1. The van der Waals surface area contributed by atoms with Crippen molar-refractivity contribution in [2.75, 3.05) is 13.1 Å². The number of likely N-dealkylation sites (tertiary alicyclic amines) is 1. The lowest BCUT2D eigenvalue weighted by Crippen LogP contribution is -2.39. The highest BCUT2D eigenvalue weighted by Crippen LogP contribution is 2.34. The number of pyridine rings is 1. The minimum atomic E-state index is -0.0545. The molecule has 0 radical (unpaired) electrons. The number of amides is 1. The molecular formula is C26H24N6O2. The van der Waals surface area contributed by atoms with Crippen molar-refractivity contribution in [3.63, 3.8) is 0 Å². The lowest BCUT2D eigenvalue weighted by atomic mass is 9.94. The lowest BCUT2D eigenvalue weighted by molar-refractivity contribution is 0.0704. The van der Waals surface area contributed by atoms with Gasteiger partial charge in [-0.15, -0.1) is 0 Å². The Labute approximate surface area is 197 Å². The second-order valence-corrected chi connectivity index (χ2v) is 8.29. The zero-order chi connectivity index (χ0) is 23.3. The number of rotatable bonds is 5. The highest BCUT2D eigenvalue weighted by Gasteiger charge is 2.29. The van der Waals surface area contributed by atoms with Crippen LogP contribution in [0.3, 0.4) is 0 Å². The first-order chi connectivity index (χ1) is 16.7. The van der Waals surface area contributed by atoms with Crippen molar-refractivity contribution in [1.82, 2.24) is 29.8 Å². The molecule has 0 saturated carbocycles. The summed E-state index contributed by atoms with van der Waals surface area (Å²) in [6, 6.07) is 9.66. The van der Waals surface area contributed by atoms with E-state index in [4.69, 9.17) is 4.74 Å². The molecule has 1 aliphatic rings. The summed E-state index contributed by atoms with van der Waals surface area (Å²) in [6.07, 6.45) is 13.3. The number of nitrogens with zero attached hydrogens (tertiary/aromatic N) is 6. The summed E-state index contributed by atoms with van der Waals surface area (Å²) in [6.45, 7) is 3.22. The molecule has 8 nitrogen and oxygen atoms in total. The van der Waals surface area contributed by atoms with Crippen molar-refractivity contribution in [2.24, 2.45) is 0 Å². The van der Waals surface area contributed by atoms with E-state index in [0.29, 0.717) is 24.5 Å². The van der Waals surface area contributed by atoms with E-state index in [-0.39, 0.29) is 11.8 Å². The van der Waals surface area contributed by atoms with Crippen LogP contribution in [0.2, 0.25) is 0 Å². The highest BCUT2D eigenvalue weighted by molar-refractivity contribution is 5.95. The largest absolute Gasteiger partial charge is 0.437 e. The predicted octanol–water partition coefficient (Wildman–Crippen LogP) is 4.45. The van der Waals surface area contributed by atoms with E-state index < -0.39 is 0 Å². The SMILES string of the molecule is Cc1ccccc1Oc1nccnc1C1CCCN(C(=O)c2cncc(-c3cncnc3)c2)C1. The molecule has 5 rings (SSSR count). The molecule has 1 unspecified atom stereocenters. The number of benzene rings is 1. The van der Waals surface area contributed by atoms with Crippen LogP contribution < -0.4 is 4.74 Å². The van der Waals surface area contributed by atoms with Gasteiger partial charge in [0.15, 0.2) is 0 Å². The summed E-state index contributed by atoms with van der Waals surface area (Å²) in [4.78, 5) is 36.7. The van der Waals surface area contributed by atoms with Crippen molar-refractivity contribution in [1.29, 1.82) is 0 Å². The molecule has 1 saturated heterocycles. The Balaban J connectivity index is 1.36. The zero-order valence-electron chi connectivity index (χ0n) is 18.8. The van der Waals surface area contributed by atoms with E-state index in [9.17, 15) is 4.79 Å². The average Bonchev–Trinajstić information content (AvgIpc) is 2.90. The molecule has 3 aromatic heterocycles. The molecule has 1 amide bonds. The third kappa shape index (κ3) is 4.61. The van der Waals surface area contributed by atoms with Crippen molar-refractivity contribution in [2.45, 2.75) is 25.7 Å². The van der Waals surface area contributed by atoms with Gasteiger partial charge in [-0.2, -0.15) is 0 Å². The van der Waals surface area contributed by atoms with E-state index in [1.165, 1.54) is 6.33 Å². The van der Waals surface area contributed by atoms with Crippen LogP contribution in [-0.4, -0.2) is 48.8 Å². The topological polar surface area (TPSA) is 94.0 Å². The van der Waals surface area contributed by atoms with Crippen LogP contribution >= 0.6 is 0 Å². The summed E-state index contributed by atoms with van der Waals surface area (Å²) in [5.74, 6) is 1.22. The molecule has 0 bridgehead atoms. The number of aromatic nitrogens is 5. The zero-order valence-corrected chi connectivity index (χ0v) is 18.8. The van der Waals surface area contributed by atoms with Crippen molar-refractivity contribution in [3.8, 4) is 22.8 Å². The van der Waals surface area contributed by atoms with E-state index >= 15 is 0 Å². The smallest absolute Gasteiger partial charge is 0.255 e. The Bertz CT molecular complexity index is 1300. The maximum absolute atomic E-state index is 13.4. The Kier molecular flexibility index (Phi) is 6.20. The van der Waals surface area contributed by atoms with Crippen molar-refractivity contribution in [3.05, 3.63) is 90.7 Å². The predicted molar refractivity (Wildman–Crippen MR) is 126 cm³/mol. The van der Waals surface area contributed by atoms with Gasteiger partial charge in [-0.3, -0.25) is 14.8 Å². The van der Waals surface area contributed by atoms with E-state index in [0.717, 1.165) is 41.0 Å². The second-order valence-electron chi connectivity index (χ2n) is 8.29. The molecule has 34 heavy (non-hydrogen) atoms. The maximum Gasteiger partial charge on any atom is 0.255 e. The van der Waals surface area contributed by atoms with E-state index in [1.54, 1.807) is 37.2 Å². The van der Waals surface area contributed by atoms with Crippen LogP contribution in [-0.2, 0) is 0 Å². The fourth-order valence-electron chi connectivity index (χ4n) is 4.20. The first-order valence-corrected chi connectivity index (χ1v) is 11.2. The summed E-state index contributed by atoms with van der Waals surface area (Å²) in [5, 5.41) is 0. The van der Waals surface area contributed by atoms with Crippen LogP contribution in [0, 0.1) is 6.92 Å². The molecular weight excluding hydrogens is 428 g/mol. The number of hydrogen-bond donors (Lipinski definition) is 0. The van der Waals surface area contributed by atoms with Crippen molar-refractivity contribution < 1.29 is 9.53 Å². The summed E-state index contributed by atoms with van der Waals surface area (Å²) in [7, 11) is 0. The Hall–Kier alpha value is -4.20. The normalized spacial score (nSPS) is 15.7. The maximum atomic E-state index is 13.4. The highest BCUT2D eigenvalue weighted by atomic mass is 16.5. The summed E-state index contributed by atoms with van der Waals surface area (Å²) < 4.78 is 6.14. The van der Waals surface area contributed by atoms with Gasteiger partial charge in [-0.1, -0.05) is 18.2 Å². The molecule has 1 atom stereocenters. The molecule has 170 valence electrons. The standard InChI is InChI=1S/C26H24N6O2/c1-18-5-2-3-7-23(18)34-25-24(30-8-9-31-25)19-6-4-10-32(16-19)26(33)21-11-20(12-27-13-21)22-14-28-17-29-15-22/h2-3,5,7-9,11-15,17,19H,4,6,10,16H2,1H3. The third-order valence-corrected chi connectivity index (χ3v) is 5.97. The number of aryl methyl sites for hydroxylation is 1. The molecule has 4 heterocycles. The number of carbonyl (C=O) groups excluding carboxylic acids is 1. The molecule has 8 heteroatoms. The van der Waals surface area contributed by atoms with Crippen LogP contribution in [0.1, 0.15) is 40.4 Å². The Morgan fingerprint density at radius 2 is 1.79 bits per heavy atom. The van der Waals surface area contributed by atoms with E-state index in [2.05, 4.69) is 24.9 Å². The third-order valence-electron chi connectivity index (χ3n) is 5.97. The fourth-order valence-corrected chi connectivity index (χ4v) is 4.20. The summed E-state index contributed by atoms with van der Waals surface area (Å²) in [5.41, 5.74) is 3.96. The molecule has 1 aromatic carbocycles.